The van der Waals surface area contributed by atoms with Crippen LogP contribution >= 0.6 is 0 Å². The van der Waals surface area contributed by atoms with Gasteiger partial charge in [-0.15, -0.1) is 0 Å². The van der Waals surface area contributed by atoms with Crippen molar-refractivity contribution in [3.8, 4) is 17.2 Å². The van der Waals surface area contributed by atoms with Crippen LogP contribution in [0.5, 0.6) is 5.88 Å². The molecule has 0 aliphatic rings. The highest BCUT2D eigenvalue weighted by Gasteiger charge is 2.33. The van der Waals surface area contributed by atoms with Crippen LogP contribution in [-0.4, -0.2) is 10.7 Å². The maximum absolute atomic E-state index is 13.2. The van der Waals surface area contributed by atoms with Gasteiger partial charge in [0, 0.05) is 19.8 Å². The molecule has 3 aromatic rings. The molecule has 0 radical (unpaired) electrons. The summed E-state index contributed by atoms with van der Waals surface area (Å²) < 4.78 is 64.5. The first kappa shape index (κ1) is 19.5. The molecule has 0 aliphatic carbocycles. The molecule has 0 atom stereocenters. The van der Waals surface area contributed by atoms with Gasteiger partial charge in [0.15, 0.2) is 0 Å². The fraction of sp³-hybridized carbons (Fsp3) is 0.211. The second-order valence-corrected chi connectivity index (χ2v) is 6.12. The van der Waals surface area contributed by atoms with E-state index < -0.39 is 30.2 Å². The molecule has 9 heteroatoms. The van der Waals surface area contributed by atoms with Crippen LogP contribution in [0.15, 0.2) is 47.2 Å². The molecule has 2 heterocycles. The van der Waals surface area contributed by atoms with Crippen LogP contribution < -0.4 is 10.1 Å². The van der Waals surface area contributed by atoms with Crippen LogP contribution in [0.3, 0.4) is 0 Å². The summed E-state index contributed by atoms with van der Waals surface area (Å²) in [6.07, 6.45) is -2.50. The van der Waals surface area contributed by atoms with Crippen molar-refractivity contribution in [1.82, 2.24) is 9.88 Å². The SMILES string of the molecule is Cc1cn(C)c(OC(=O)NCc2ccc(F)cc2C(F)(F)F)c1-c1ccco1. The van der Waals surface area contributed by atoms with E-state index in [4.69, 9.17) is 9.15 Å². The van der Waals surface area contributed by atoms with Crippen LogP contribution in [0.25, 0.3) is 11.3 Å². The molecule has 1 aromatic carbocycles. The van der Waals surface area contributed by atoms with Crippen molar-refractivity contribution >= 4 is 6.09 Å². The quantitative estimate of drug-likeness (QED) is 0.629. The Morgan fingerprint density at radius 2 is 2.04 bits per heavy atom. The lowest BCUT2D eigenvalue weighted by Gasteiger charge is -2.14. The second-order valence-electron chi connectivity index (χ2n) is 6.12. The van der Waals surface area contributed by atoms with Crippen molar-refractivity contribution in [1.29, 1.82) is 0 Å². The van der Waals surface area contributed by atoms with E-state index in [2.05, 4.69) is 5.32 Å². The minimum absolute atomic E-state index is 0.181. The fourth-order valence-corrected chi connectivity index (χ4v) is 2.86. The Kier molecular flexibility index (Phi) is 5.17. The lowest BCUT2D eigenvalue weighted by atomic mass is 10.1. The molecule has 2 aromatic heterocycles. The number of aromatic nitrogens is 1. The van der Waals surface area contributed by atoms with Crippen LogP contribution in [-0.2, 0) is 19.8 Å². The van der Waals surface area contributed by atoms with Gasteiger partial charge < -0.3 is 19.0 Å². The van der Waals surface area contributed by atoms with Gasteiger partial charge in [0.1, 0.15) is 11.6 Å². The average molecular weight is 396 g/mol. The second kappa shape index (κ2) is 7.41. The lowest BCUT2D eigenvalue weighted by Crippen LogP contribution is -2.28. The number of nitrogens with one attached hydrogen (secondary N) is 1. The first-order valence-corrected chi connectivity index (χ1v) is 8.18. The fourth-order valence-electron chi connectivity index (χ4n) is 2.86. The smallest absolute Gasteiger partial charge is 0.416 e. The third kappa shape index (κ3) is 4.03. The highest BCUT2D eigenvalue weighted by Crippen LogP contribution is 2.35. The van der Waals surface area contributed by atoms with Crippen molar-refractivity contribution in [2.45, 2.75) is 19.6 Å². The molecule has 3 rings (SSSR count). The number of hydrogen-bond donors (Lipinski definition) is 1. The summed E-state index contributed by atoms with van der Waals surface area (Å²) >= 11 is 0. The third-order valence-electron chi connectivity index (χ3n) is 4.07. The molecular weight excluding hydrogens is 380 g/mol. The first-order valence-electron chi connectivity index (χ1n) is 8.18. The lowest BCUT2D eigenvalue weighted by molar-refractivity contribution is -0.138. The molecule has 0 saturated carbocycles. The molecule has 0 bridgehead atoms. The molecular formula is C19H16F4N2O3. The van der Waals surface area contributed by atoms with Crippen molar-refractivity contribution in [3.05, 3.63) is 65.3 Å². The van der Waals surface area contributed by atoms with Crippen LogP contribution in [0.4, 0.5) is 22.4 Å². The number of carbonyl (C=O) groups excluding carboxylic acids is 1. The number of carbonyl (C=O) groups is 1. The number of furan rings is 1. The van der Waals surface area contributed by atoms with Gasteiger partial charge in [-0.1, -0.05) is 6.07 Å². The molecule has 1 amide bonds. The zero-order valence-electron chi connectivity index (χ0n) is 14.9. The first-order chi connectivity index (χ1) is 13.2. The van der Waals surface area contributed by atoms with Crippen molar-refractivity contribution in [2.75, 3.05) is 0 Å². The van der Waals surface area contributed by atoms with Gasteiger partial charge in [0.05, 0.1) is 17.4 Å². The van der Waals surface area contributed by atoms with E-state index >= 15 is 0 Å². The maximum Gasteiger partial charge on any atom is 0.416 e. The molecule has 28 heavy (non-hydrogen) atoms. The molecule has 0 spiro atoms. The summed E-state index contributed by atoms with van der Waals surface area (Å²) in [4.78, 5) is 12.2. The molecule has 0 saturated heterocycles. The Balaban J connectivity index is 1.77. The van der Waals surface area contributed by atoms with E-state index in [1.165, 1.54) is 6.26 Å². The Labute approximate surface area is 157 Å². The van der Waals surface area contributed by atoms with Crippen molar-refractivity contribution < 1.29 is 31.5 Å². The van der Waals surface area contributed by atoms with Crippen LogP contribution in [0.2, 0.25) is 0 Å². The zero-order chi connectivity index (χ0) is 20.5. The van der Waals surface area contributed by atoms with E-state index in [-0.39, 0.29) is 11.4 Å². The summed E-state index contributed by atoms with van der Waals surface area (Å²) in [7, 11) is 1.66. The van der Waals surface area contributed by atoms with Gasteiger partial charge in [-0.3, -0.25) is 0 Å². The molecule has 0 unspecified atom stereocenters. The standard InChI is InChI=1S/C19H16F4N2O3/c1-11-10-25(2)17(16(11)15-4-3-7-27-15)28-18(26)24-9-12-5-6-13(20)8-14(12)19(21,22)23/h3-8,10H,9H2,1-2H3,(H,24,26). The summed E-state index contributed by atoms with van der Waals surface area (Å²) in [5.41, 5.74) is -0.0856. The van der Waals surface area contributed by atoms with Crippen molar-refractivity contribution in [2.24, 2.45) is 7.05 Å². The van der Waals surface area contributed by atoms with Gasteiger partial charge >= 0.3 is 12.3 Å². The number of rotatable bonds is 4. The highest BCUT2D eigenvalue weighted by atomic mass is 19.4. The molecule has 148 valence electrons. The Bertz CT molecular complexity index is 992. The third-order valence-corrected chi connectivity index (χ3v) is 4.07. The van der Waals surface area contributed by atoms with E-state index in [1.54, 1.807) is 36.9 Å². The highest BCUT2D eigenvalue weighted by molar-refractivity contribution is 5.76. The number of amides is 1. The normalized spacial score (nSPS) is 11.5. The summed E-state index contributed by atoms with van der Waals surface area (Å²) in [6, 6.07) is 5.63. The molecule has 5 nitrogen and oxygen atoms in total. The summed E-state index contributed by atoms with van der Waals surface area (Å²) in [5.74, 6) is -0.347. The number of halogens is 4. The predicted molar refractivity (Wildman–Crippen MR) is 92.1 cm³/mol. The van der Waals surface area contributed by atoms with Crippen LogP contribution in [0.1, 0.15) is 16.7 Å². The summed E-state index contributed by atoms with van der Waals surface area (Å²) in [5, 5.41) is 2.26. The number of nitrogens with zero attached hydrogens (tertiary/aromatic N) is 1. The van der Waals surface area contributed by atoms with Crippen molar-refractivity contribution in [3.63, 3.8) is 0 Å². The maximum atomic E-state index is 13.2. The van der Waals surface area contributed by atoms with E-state index in [9.17, 15) is 22.4 Å². The topological polar surface area (TPSA) is 56.4 Å². The number of benzene rings is 1. The average Bonchev–Trinajstić information content (AvgIpc) is 3.21. The number of hydrogen-bond acceptors (Lipinski definition) is 3. The van der Waals surface area contributed by atoms with E-state index in [0.717, 1.165) is 17.7 Å². The monoisotopic (exact) mass is 396 g/mol. The zero-order valence-corrected chi connectivity index (χ0v) is 14.9. The van der Waals surface area contributed by atoms with Gasteiger partial charge in [-0.25, -0.2) is 9.18 Å². The van der Waals surface area contributed by atoms with Gasteiger partial charge in [0.2, 0.25) is 5.88 Å². The predicted octanol–water partition coefficient (Wildman–Crippen LogP) is 5.04. The Hall–Kier alpha value is -3.23. The molecule has 0 aliphatic heterocycles. The molecule has 1 N–H and O–H groups in total. The van der Waals surface area contributed by atoms with E-state index in [0.29, 0.717) is 17.4 Å². The largest absolute Gasteiger partial charge is 0.464 e. The van der Waals surface area contributed by atoms with Gasteiger partial charge in [-0.05, 0) is 42.3 Å². The number of ether oxygens (including phenoxy) is 1. The number of aryl methyl sites for hydroxylation is 2. The Morgan fingerprint density at radius 1 is 1.29 bits per heavy atom. The van der Waals surface area contributed by atoms with Gasteiger partial charge in [-0.2, -0.15) is 13.2 Å². The summed E-state index contributed by atoms with van der Waals surface area (Å²) in [6.45, 7) is 1.32. The Morgan fingerprint density at radius 3 is 2.68 bits per heavy atom. The van der Waals surface area contributed by atoms with Gasteiger partial charge in [0.25, 0.3) is 0 Å². The van der Waals surface area contributed by atoms with Crippen LogP contribution in [0, 0.1) is 12.7 Å². The van der Waals surface area contributed by atoms with E-state index in [1.807, 2.05) is 0 Å². The minimum atomic E-state index is -4.75. The number of alkyl halides is 3. The minimum Gasteiger partial charge on any atom is -0.464 e. The molecule has 0 fully saturated rings.